The highest BCUT2D eigenvalue weighted by Gasteiger charge is 2.39. The van der Waals surface area contributed by atoms with Crippen molar-refractivity contribution in [2.24, 2.45) is 17.6 Å². The fourth-order valence-corrected chi connectivity index (χ4v) is 5.02. The molecule has 0 aromatic heterocycles. The van der Waals surface area contributed by atoms with Crippen molar-refractivity contribution in [3.63, 3.8) is 0 Å². The molecule has 4 amide bonds. The third-order valence-corrected chi connectivity index (χ3v) is 7.55. The third-order valence-electron chi connectivity index (χ3n) is 7.55. The second kappa shape index (κ2) is 22.1. The van der Waals surface area contributed by atoms with E-state index in [1.165, 1.54) is 14.7 Å². The molecule has 4 unspecified atom stereocenters. The molecule has 56 heavy (non-hydrogen) atoms. The van der Waals surface area contributed by atoms with Gasteiger partial charge in [-0.25, -0.2) is 19.2 Å². The van der Waals surface area contributed by atoms with Gasteiger partial charge in [-0.15, -0.1) is 0 Å². The van der Waals surface area contributed by atoms with E-state index in [4.69, 9.17) is 35.2 Å². The van der Waals surface area contributed by atoms with Gasteiger partial charge < -0.3 is 45.9 Å². The van der Waals surface area contributed by atoms with Crippen molar-refractivity contribution in [2.45, 2.75) is 105 Å². The van der Waals surface area contributed by atoms with Gasteiger partial charge in [0.25, 0.3) is 0 Å². The Morgan fingerprint density at radius 1 is 0.750 bits per heavy atom. The number of nitrogens with zero attached hydrogens (tertiary/aromatic N) is 6. The normalized spacial score (nSPS) is 19.9. The Morgan fingerprint density at radius 2 is 1.21 bits per heavy atom. The van der Waals surface area contributed by atoms with Gasteiger partial charge in [-0.05, 0) is 74.0 Å². The fraction of sp³-hybridized carbons (Fsp3) is 0.615. The lowest BCUT2D eigenvalue weighted by Crippen LogP contribution is -2.41. The van der Waals surface area contributed by atoms with Crippen molar-refractivity contribution < 1.29 is 38.1 Å². The molecule has 1 aromatic rings. The van der Waals surface area contributed by atoms with Gasteiger partial charge in [0.1, 0.15) is 23.4 Å². The summed E-state index contributed by atoms with van der Waals surface area (Å²) in [7, 11) is 0. The Morgan fingerprint density at radius 3 is 1.64 bits per heavy atom. The van der Waals surface area contributed by atoms with Gasteiger partial charge in [0.15, 0.2) is 0 Å². The number of amides is 4. The minimum Gasteiger partial charge on any atom is -0.445 e. The first-order valence-electron chi connectivity index (χ1n) is 17.6. The molecule has 0 bridgehead atoms. The Balaban J connectivity index is 0.000000846. The van der Waals surface area contributed by atoms with Crippen LogP contribution in [0.3, 0.4) is 0 Å². The molecule has 2 saturated heterocycles. The van der Waals surface area contributed by atoms with Crippen LogP contribution in [0.25, 0.3) is 0 Å². The van der Waals surface area contributed by atoms with E-state index in [-0.39, 0.29) is 51.3 Å². The first-order chi connectivity index (χ1) is 25.0. The quantitative estimate of drug-likeness (QED) is 0.304. The maximum Gasteiger partial charge on any atom is 0.410 e. The molecule has 6 N–H and O–H groups in total. The smallest absolute Gasteiger partial charge is 0.410 e. The predicted octanol–water partition coefficient (Wildman–Crippen LogP) is 5.86. The van der Waals surface area contributed by atoms with Crippen molar-refractivity contribution in [2.75, 3.05) is 39.3 Å². The number of carbonyl (C=O) groups excluding carboxylic acids is 4. The summed E-state index contributed by atoms with van der Waals surface area (Å²) in [6.07, 6.45) is -0.117. The predicted molar refractivity (Wildman–Crippen MR) is 209 cm³/mol. The molecule has 0 spiro atoms. The first-order valence-corrected chi connectivity index (χ1v) is 17.6. The van der Waals surface area contributed by atoms with Crippen LogP contribution in [-0.2, 0) is 25.6 Å². The molecule has 3 aliphatic rings. The van der Waals surface area contributed by atoms with Crippen molar-refractivity contribution >= 4 is 24.4 Å². The van der Waals surface area contributed by atoms with Crippen molar-refractivity contribution in [3.05, 3.63) is 47.5 Å². The molecular formula is C39H61N9O8. The minimum absolute atomic E-state index is 0. The molecule has 2 fully saturated rings. The molecule has 3 heterocycles. The largest absolute Gasteiger partial charge is 0.445 e. The summed E-state index contributed by atoms with van der Waals surface area (Å²) in [5.41, 5.74) is 5.60. The average molecular weight is 784 g/mol. The van der Waals surface area contributed by atoms with Gasteiger partial charge in [-0.3, -0.25) is 4.90 Å². The van der Waals surface area contributed by atoms with E-state index in [0.717, 1.165) is 5.56 Å². The number of hydrogen-bond donors (Lipinski definition) is 3. The molecule has 4 atom stereocenters. The summed E-state index contributed by atoms with van der Waals surface area (Å²) in [5, 5.41) is 29.3. The molecule has 310 valence electrons. The molecule has 0 aliphatic carbocycles. The SMILES string of the molecule is C.CC(C)(C)OC(=O)N1CC(C#N)C(NC(=O)OCc2ccccc2)C1.CC(C)(C)OC(=O)N1CC(N)C(C#N)C1.CC(C)(C)OC(=O)N1CC=C(C#N)C1.N. The Bertz CT molecular complexity index is 1610. The number of nitrogens with two attached hydrogens (primary N) is 1. The zero-order chi connectivity index (χ0) is 40.9. The summed E-state index contributed by atoms with van der Waals surface area (Å²) in [4.78, 5) is 51.6. The number of nitrogens with one attached hydrogen (secondary N) is 1. The highest BCUT2D eigenvalue weighted by atomic mass is 16.6. The average Bonchev–Trinajstić information content (AvgIpc) is 3.81. The molecule has 0 saturated carbocycles. The second-order valence-corrected chi connectivity index (χ2v) is 15.9. The Hall–Kier alpha value is -5.57. The van der Waals surface area contributed by atoms with Crippen LogP contribution in [-0.4, -0.2) is 107 Å². The van der Waals surface area contributed by atoms with Crippen molar-refractivity contribution in [1.82, 2.24) is 26.2 Å². The van der Waals surface area contributed by atoms with Gasteiger partial charge in [-0.1, -0.05) is 37.8 Å². The van der Waals surface area contributed by atoms with E-state index in [1.54, 1.807) is 26.8 Å². The number of nitriles is 3. The number of likely N-dealkylation sites (tertiary alicyclic amines) is 2. The summed E-state index contributed by atoms with van der Waals surface area (Å²) >= 11 is 0. The lowest BCUT2D eigenvalue weighted by molar-refractivity contribution is 0.0278. The van der Waals surface area contributed by atoms with Crippen LogP contribution < -0.4 is 17.2 Å². The minimum atomic E-state index is -0.612. The zero-order valence-corrected chi connectivity index (χ0v) is 33.5. The highest BCUT2D eigenvalue weighted by Crippen LogP contribution is 2.21. The maximum absolute atomic E-state index is 12.1. The zero-order valence-electron chi connectivity index (χ0n) is 33.5. The van der Waals surface area contributed by atoms with Crippen LogP contribution in [0, 0.1) is 45.8 Å². The number of alkyl carbamates (subject to hydrolysis) is 1. The first kappa shape index (κ1) is 50.4. The second-order valence-electron chi connectivity index (χ2n) is 15.9. The molecule has 17 heteroatoms. The summed E-state index contributed by atoms with van der Waals surface area (Å²) in [6, 6.07) is 14.8. The molecule has 1 aromatic carbocycles. The highest BCUT2D eigenvalue weighted by molar-refractivity contribution is 5.71. The lowest BCUT2D eigenvalue weighted by Gasteiger charge is -2.24. The number of hydrogen-bond acceptors (Lipinski definition) is 13. The van der Waals surface area contributed by atoms with Crippen LogP contribution in [0.2, 0.25) is 0 Å². The standard InChI is InChI=1S/C18H23N3O4.C10H17N3O2.C10H14N2O2.CH4.H3N/c1-18(2,3)25-17(23)21-10-14(9-19)15(11-21)20-16(22)24-12-13-7-5-4-6-8-13;1-10(2,3)15-9(14)13-5-7(4-11)8(12)6-13;1-10(2,3)14-9(13)12-5-4-8(6-11)7-12;;/h4-8,14-15H,10-12H2,1-3H3,(H,20,22);7-8H,5-6,12H2,1-3H3;4H,5,7H2,1-3H3;1H4;1H3. The van der Waals surface area contributed by atoms with Crippen molar-refractivity contribution in [3.8, 4) is 18.2 Å². The van der Waals surface area contributed by atoms with E-state index in [9.17, 15) is 24.4 Å². The molecule has 17 nitrogen and oxygen atoms in total. The van der Waals surface area contributed by atoms with Gasteiger partial charge >= 0.3 is 24.4 Å². The number of carbonyl (C=O) groups is 4. The monoisotopic (exact) mass is 783 g/mol. The van der Waals surface area contributed by atoms with E-state index in [0.29, 0.717) is 31.8 Å². The molecular weight excluding hydrogens is 722 g/mol. The van der Waals surface area contributed by atoms with Crippen LogP contribution in [0.4, 0.5) is 19.2 Å². The molecule has 4 rings (SSSR count). The summed E-state index contributed by atoms with van der Waals surface area (Å²) in [5.74, 6) is -0.783. The summed E-state index contributed by atoms with van der Waals surface area (Å²) < 4.78 is 20.8. The Kier molecular flexibility index (Phi) is 19.9. The number of benzene rings is 1. The Labute approximate surface area is 331 Å². The van der Waals surface area contributed by atoms with Crippen molar-refractivity contribution in [1.29, 1.82) is 15.8 Å². The van der Waals surface area contributed by atoms with Crippen LogP contribution >= 0.6 is 0 Å². The van der Waals surface area contributed by atoms with Crippen LogP contribution in [0.5, 0.6) is 0 Å². The third kappa shape index (κ3) is 18.2. The van der Waals surface area contributed by atoms with E-state index in [2.05, 4.69) is 17.5 Å². The van der Waals surface area contributed by atoms with Crippen LogP contribution in [0.15, 0.2) is 42.0 Å². The maximum atomic E-state index is 12.1. The van der Waals surface area contributed by atoms with E-state index >= 15 is 0 Å². The van der Waals surface area contributed by atoms with Crippen LogP contribution in [0.1, 0.15) is 75.3 Å². The van der Waals surface area contributed by atoms with E-state index in [1.807, 2.05) is 77.9 Å². The van der Waals surface area contributed by atoms with Gasteiger partial charge in [0, 0.05) is 44.3 Å². The molecule has 0 radical (unpaired) electrons. The number of rotatable bonds is 3. The molecule has 3 aliphatic heterocycles. The van der Waals surface area contributed by atoms with E-state index < -0.39 is 47.0 Å². The topological polar surface area (TPSA) is 259 Å². The summed E-state index contributed by atoms with van der Waals surface area (Å²) in [6.45, 7) is 18.4. The van der Waals surface area contributed by atoms with Gasteiger partial charge in [-0.2, -0.15) is 15.8 Å². The van der Waals surface area contributed by atoms with Gasteiger partial charge in [0.05, 0.1) is 42.6 Å². The lowest BCUT2D eigenvalue weighted by atomic mass is 10.1. The van der Waals surface area contributed by atoms with Gasteiger partial charge in [0.2, 0.25) is 0 Å². The fourth-order valence-electron chi connectivity index (χ4n) is 5.02. The number of ether oxygens (including phenoxy) is 4.